The lowest BCUT2D eigenvalue weighted by Crippen LogP contribution is -2.87. The van der Waals surface area contributed by atoms with Crippen LogP contribution in [0.15, 0.2) is 24.3 Å². The number of carbonyl (C=O) groups excluding carboxylic acids is 2. The maximum Gasteiger partial charge on any atom is 0.324 e. The molecule has 1 aromatic carbocycles. The predicted molar refractivity (Wildman–Crippen MR) is 71.8 cm³/mol. The molecule has 0 unspecified atom stereocenters. The first-order valence-electron chi connectivity index (χ1n) is 6.25. The van der Waals surface area contributed by atoms with Crippen LogP contribution in [-0.4, -0.2) is 36.5 Å². The summed E-state index contributed by atoms with van der Waals surface area (Å²) in [4.78, 5) is 24.5. The van der Waals surface area contributed by atoms with E-state index < -0.39 is 0 Å². The van der Waals surface area contributed by atoms with Crippen molar-refractivity contribution in [2.75, 3.05) is 19.6 Å². The van der Waals surface area contributed by atoms with Crippen LogP contribution in [0, 0.1) is 0 Å². The molecule has 19 heavy (non-hydrogen) atoms. The highest BCUT2D eigenvalue weighted by Gasteiger charge is 2.27. The third-order valence-corrected chi connectivity index (χ3v) is 3.54. The monoisotopic (exact) mass is 282 g/mol. The van der Waals surface area contributed by atoms with Crippen LogP contribution in [0.2, 0.25) is 5.02 Å². The van der Waals surface area contributed by atoms with Crippen LogP contribution in [0.3, 0.4) is 0 Å². The van der Waals surface area contributed by atoms with Crippen LogP contribution in [0.1, 0.15) is 18.5 Å². The summed E-state index contributed by atoms with van der Waals surface area (Å²) in [6.45, 7) is 3.20. The molecule has 0 spiro atoms. The second-order valence-corrected chi connectivity index (χ2v) is 4.93. The van der Waals surface area contributed by atoms with E-state index in [0.717, 1.165) is 5.56 Å². The minimum atomic E-state index is -0.302. The van der Waals surface area contributed by atoms with Crippen molar-refractivity contribution in [2.45, 2.75) is 13.0 Å². The fourth-order valence-corrected chi connectivity index (χ4v) is 2.38. The van der Waals surface area contributed by atoms with Gasteiger partial charge in [-0.25, -0.2) is 4.79 Å². The number of nitrogens with zero attached hydrogens (tertiary/aromatic N) is 1. The molecular formula is C13H17ClN3O2+. The van der Waals surface area contributed by atoms with E-state index in [2.05, 4.69) is 5.32 Å². The van der Waals surface area contributed by atoms with Crippen molar-refractivity contribution >= 4 is 23.5 Å². The minimum absolute atomic E-state index is 0.0725. The van der Waals surface area contributed by atoms with Gasteiger partial charge < -0.3 is 10.6 Å². The highest BCUT2D eigenvalue weighted by Crippen LogP contribution is 2.19. The van der Waals surface area contributed by atoms with E-state index in [9.17, 15) is 9.59 Å². The van der Waals surface area contributed by atoms with Crippen molar-refractivity contribution in [1.29, 1.82) is 0 Å². The van der Waals surface area contributed by atoms with Crippen LogP contribution in [0.4, 0.5) is 4.79 Å². The zero-order valence-electron chi connectivity index (χ0n) is 10.7. The molecule has 5 nitrogen and oxygen atoms in total. The lowest BCUT2D eigenvalue weighted by molar-refractivity contribution is -0.683. The average Bonchev–Trinajstić information content (AvgIpc) is 2.82. The summed E-state index contributed by atoms with van der Waals surface area (Å²) < 4.78 is 0. The van der Waals surface area contributed by atoms with Crippen LogP contribution in [0.25, 0.3) is 0 Å². The zero-order valence-corrected chi connectivity index (χ0v) is 11.5. The molecule has 1 fully saturated rings. The largest absolute Gasteiger partial charge is 0.336 e. The van der Waals surface area contributed by atoms with Gasteiger partial charge in [-0.3, -0.25) is 9.69 Å². The molecule has 0 bridgehead atoms. The summed E-state index contributed by atoms with van der Waals surface area (Å²) in [6, 6.07) is 7.33. The van der Waals surface area contributed by atoms with E-state index in [-0.39, 0.29) is 24.5 Å². The topological polar surface area (TPSA) is 66.0 Å². The number of imide groups is 1. The number of amides is 3. The van der Waals surface area contributed by atoms with Crippen molar-refractivity contribution in [3.8, 4) is 0 Å². The van der Waals surface area contributed by atoms with E-state index in [4.69, 9.17) is 11.6 Å². The first kappa shape index (κ1) is 13.8. The fraction of sp³-hybridized carbons (Fsp3) is 0.385. The summed E-state index contributed by atoms with van der Waals surface area (Å²) in [7, 11) is 0. The SMILES string of the molecule is C[C@H]([NH2+]CC(=O)N1CCNC1=O)c1ccccc1Cl. The smallest absolute Gasteiger partial charge is 0.324 e. The summed E-state index contributed by atoms with van der Waals surface area (Å²) in [5.41, 5.74) is 0.989. The van der Waals surface area contributed by atoms with Gasteiger partial charge in [-0.2, -0.15) is 0 Å². The molecule has 1 aromatic rings. The van der Waals surface area contributed by atoms with Gasteiger partial charge in [0, 0.05) is 23.7 Å². The van der Waals surface area contributed by atoms with Crippen molar-refractivity contribution < 1.29 is 14.9 Å². The number of benzene rings is 1. The maximum absolute atomic E-state index is 11.9. The molecule has 0 radical (unpaired) electrons. The number of hydrogen-bond donors (Lipinski definition) is 2. The summed E-state index contributed by atoms with van der Waals surface area (Å²) in [5.74, 6) is -0.172. The van der Waals surface area contributed by atoms with Crippen molar-refractivity contribution in [3.63, 3.8) is 0 Å². The Morgan fingerprint density at radius 2 is 2.26 bits per heavy atom. The van der Waals surface area contributed by atoms with Gasteiger partial charge in [-0.15, -0.1) is 0 Å². The van der Waals surface area contributed by atoms with Crippen LogP contribution < -0.4 is 10.6 Å². The minimum Gasteiger partial charge on any atom is -0.336 e. The standard InChI is InChI=1S/C13H16ClN3O2/c1-9(10-4-2-3-5-11(10)14)16-8-12(18)17-7-6-15-13(17)19/h2-5,9,16H,6-8H2,1H3,(H,15,19)/p+1/t9-/m0/s1. The molecule has 6 heteroatoms. The molecule has 1 heterocycles. The maximum atomic E-state index is 11.9. The molecular weight excluding hydrogens is 266 g/mol. The number of urea groups is 1. The zero-order chi connectivity index (χ0) is 13.8. The molecule has 102 valence electrons. The second kappa shape index (κ2) is 6.04. The Morgan fingerprint density at radius 1 is 1.53 bits per heavy atom. The molecule has 0 aliphatic carbocycles. The molecule has 2 rings (SSSR count). The van der Waals surface area contributed by atoms with E-state index in [0.29, 0.717) is 18.1 Å². The van der Waals surface area contributed by atoms with E-state index in [1.165, 1.54) is 4.90 Å². The third kappa shape index (κ3) is 3.24. The predicted octanol–water partition coefficient (Wildman–Crippen LogP) is 0.516. The van der Waals surface area contributed by atoms with E-state index in [1.807, 2.05) is 36.5 Å². The van der Waals surface area contributed by atoms with Gasteiger partial charge >= 0.3 is 6.03 Å². The number of rotatable bonds is 4. The van der Waals surface area contributed by atoms with Crippen LogP contribution in [-0.2, 0) is 4.79 Å². The highest BCUT2D eigenvalue weighted by molar-refractivity contribution is 6.31. The number of quaternary nitrogens is 1. The first-order valence-corrected chi connectivity index (χ1v) is 6.63. The number of nitrogens with two attached hydrogens (primary N) is 1. The van der Waals surface area contributed by atoms with Gasteiger partial charge in [0.1, 0.15) is 6.04 Å². The van der Waals surface area contributed by atoms with Gasteiger partial charge in [0.05, 0.1) is 0 Å². The number of carbonyl (C=O) groups is 2. The molecule has 3 amide bonds. The summed E-state index contributed by atoms with van der Waals surface area (Å²) >= 11 is 6.11. The van der Waals surface area contributed by atoms with Crippen LogP contribution >= 0.6 is 11.6 Å². The lowest BCUT2D eigenvalue weighted by atomic mass is 10.1. The fourth-order valence-electron chi connectivity index (χ4n) is 2.07. The van der Waals surface area contributed by atoms with Crippen molar-refractivity contribution in [3.05, 3.63) is 34.9 Å². The average molecular weight is 283 g/mol. The van der Waals surface area contributed by atoms with E-state index >= 15 is 0 Å². The van der Waals surface area contributed by atoms with Gasteiger partial charge in [0.25, 0.3) is 5.91 Å². The van der Waals surface area contributed by atoms with Crippen molar-refractivity contribution in [1.82, 2.24) is 10.2 Å². The van der Waals surface area contributed by atoms with Gasteiger partial charge in [-0.1, -0.05) is 29.8 Å². The van der Waals surface area contributed by atoms with Gasteiger partial charge in [0.2, 0.25) is 0 Å². The second-order valence-electron chi connectivity index (χ2n) is 4.53. The Labute approximate surface area is 116 Å². The van der Waals surface area contributed by atoms with Crippen molar-refractivity contribution in [2.24, 2.45) is 0 Å². The Kier molecular flexibility index (Phi) is 4.39. The highest BCUT2D eigenvalue weighted by atomic mass is 35.5. The molecule has 3 N–H and O–H groups in total. The Morgan fingerprint density at radius 3 is 2.89 bits per heavy atom. The molecule has 1 atom stereocenters. The van der Waals surface area contributed by atoms with Crippen LogP contribution in [0.5, 0.6) is 0 Å². The number of halogens is 1. The normalized spacial score (nSPS) is 16.3. The van der Waals surface area contributed by atoms with E-state index in [1.54, 1.807) is 0 Å². The Balaban J connectivity index is 1.90. The molecule has 1 aliphatic rings. The molecule has 0 saturated carbocycles. The lowest BCUT2D eigenvalue weighted by Gasteiger charge is -2.15. The molecule has 0 aromatic heterocycles. The Hall–Kier alpha value is -1.59. The Bertz CT molecular complexity index is 493. The summed E-state index contributed by atoms with van der Waals surface area (Å²) in [6.07, 6.45) is 0. The first-order chi connectivity index (χ1) is 9.09. The summed E-state index contributed by atoms with van der Waals surface area (Å²) in [5, 5.41) is 5.19. The number of hydrogen-bond acceptors (Lipinski definition) is 2. The third-order valence-electron chi connectivity index (χ3n) is 3.20. The quantitative estimate of drug-likeness (QED) is 0.845. The molecule has 1 saturated heterocycles. The molecule has 1 aliphatic heterocycles. The number of nitrogens with one attached hydrogen (secondary N) is 1. The van der Waals surface area contributed by atoms with Gasteiger partial charge in [0.15, 0.2) is 6.54 Å². The van der Waals surface area contributed by atoms with Gasteiger partial charge in [-0.05, 0) is 13.0 Å².